The van der Waals surface area contributed by atoms with Crippen LogP contribution >= 0.6 is 11.6 Å². The van der Waals surface area contributed by atoms with Gasteiger partial charge < -0.3 is 5.32 Å². The molecule has 1 fully saturated rings. The molecular weight excluding hydrogens is 254 g/mol. The Balaban J connectivity index is 1.92. The number of rotatable bonds is 3. The molecule has 5 nitrogen and oxygen atoms in total. The number of nitrogens with zero attached hydrogens (tertiary/aromatic N) is 2. The van der Waals surface area contributed by atoms with E-state index in [1.165, 1.54) is 23.4 Å². The molecule has 6 heteroatoms. The van der Waals surface area contributed by atoms with Crippen LogP contribution in [0.5, 0.6) is 0 Å². The molecule has 1 aromatic heterocycles. The van der Waals surface area contributed by atoms with Crippen LogP contribution in [0.1, 0.15) is 32.1 Å². The summed E-state index contributed by atoms with van der Waals surface area (Å²) in [4.78, 5) is 27.1. The summed E-state index contributed by atoms with van der Waals surface area (Å²) in [6.07, 6.45) is 6.91. The summed E-state index contributed by atoms with van der Waals surface area (Å²) in [6, 6.07) is 1.46. The van der Waals surface area contributed by atoms with Crippen molar-refractivity contribution in [2.24, 2.45) is 0 Å². The Bertz CT molecular complexity index is 480. The van der Waals surface area contributed by atoms with Gasteiger partial charge in [0.2, 0.25) is 5.91 Å². The van der Waals surface area contributed by atoms with Gasteiger partial charge in [-0.2, -0.15) is 0 Å². The number of hydrogen-bond acceptors (Lipinski definition) is 3. The van der Waals surface area contributed by atoms with Gasteiger partial charge in [-0.3, -0.25) is 14.2 Å². The molecule has 0 aliphatic heterocycles. The summed E-state index contributed by atoms with van der Waals surface area (Å²) in [7, 11) is 0. The topological polar surface area (TPSA) is 64.0 Å². The summed E-state index contributed by atoms with van der Waals surface area (Å²) in [6.45, 7) is -0.000494. The molecule has 1 N–H and O–H groups in total. The van der Waals surface area contributed by atoms with Crippen LogP contribution < -0.4 is 10.9 Å². The number of halogens is 1. The molecule has 1 amide bonds. The Hall–Kier alpha value is -1.36. The van der Waals surface area contributed by atoms with Crippen LogP contribution in [0, 0.1) is 0 Å². The number of nitrogens with one attached hydrogen (secondary N) is 1. The average Bonchev–Trinajstić information content (AvgIpc) is 2.34. The van der Waals surface area contributed by atoms with E-state index in [-0.39, 0.29) is 29.2 Å². The van der Waals surface area contributed by atoms with E-state index in [0.29, 0.717) is 0 Å². The van der Waals surface area contributed by atoms with Gasteiger partial charge in [0.1, 0.15) is 11.7 Å². The van der Waals surface area contributed by atoms with Crippen molar-refractivity contribution in [1.82, 2.24) is 14.9 Å². The van der Waals surface area contributed by atoms with Gasteiger partial charge in [0.25, 0.3) is 5.56 Å². The second kappa shape index (κ2) is 6.00. The molecule has 1 heterocycles. The molecule has 0 saturated heterocycles. The van der Waals surface area contributed by atoms with E-state index in [0.717, 1.165) is 25.7 Å². The number of hydrogen-bond donors (Lipinski definition) is 1. The van der Waals surface area contributed by atoms with Crippen LogP contribution in [0.15, 0.2) is 17.2 Å². The lowest BCUT2D eigenvalue weighted by Crippen LogP contribution is -2.39. The van der Waals surface area contributed by atoms with Crippen molar-refractivity contribution in [1.29, 1.82) is 0 Å². The fourth-order valence-electron chi connectivity index (χ4n) is 2.20. The Morgan fingerprint density at radius 2 is 2.17 bits per heavy atom. The quantitative estimate of drug-likeness (QED) is 0.843. The van der Waals surface area contributed by atoms with Gasteiger partial charge in [0.05, 0.1) is 6.33 Å². The molecule has 0 bridgehead atoms. The minimum Gasteiger partial charge on any atom is -0.352 e. The fourth-order valence-corrected chi connectivity index (χ4v) is 2.33. The summed E-state index contributed by atoms with van der Waals surface area (Å²) in [5.74, 6) is -0.145. The molecule has 1 aliphatic carbocycles. The maximum atomic E-state index is 11.8. The third-order valence-electron chi connectivity index (χ3n) is 3.13. The van der Waals surface area contributed by atoms with Crippen molar-refractivity contribution >= 4 is 17.5 Å². The van der Waals surface area contributed by atoms with Crippen LogP contribution in [-0.4, -0.2) is 21.5 Å². The normalized spacial score (nSPS) is 16.5. The SMILES string of the molecule is O=C(Cn1cnc(Cl)cc1=O)NC1CCCCC1. The van der Waals surface area contributed by atoms with E-state index >= 15 is 0 Å². The lowest BCUT2D eigenvalue weighted by molar-refractivity contribution is -0.122. The van der Waals surface area contributed by atoms with Crippen molar-refractivity contribution in [3.05, 3.63) is 27.9 Å². The third-order valence-corrected chi connectivity index (χ3v) is 3.34. The molecule has 1 aromatic rings. The minimum atomic E-state index is -0.311. The second-order valence-electron chi connectivity index (χ2n) is 4.58. The molecule has 1 saturated carbocycles. The molecule has 0 radical (unpaired) electrons. The first-order chi connectivity index (χ1) is 8.65. The van der Waals surface area contributed by atoms with E-state index < -0.39 is 0 Å². The predicted molar refractivity (Wildman–Crippen MR) is 68.5 cm³/mol. The van der Waals surface area contributed by atoms with E-state index in [2.05, 4.69) is 10.3 Å². The lowest BCUT2D eigenvalue weighted by atomic mass is 9.95. The van der Waals surface area contributed by atoms with Gasteiger partial charge in [-0.05, 0) is 12.8 Å². The molecule has 18 heavy (non-hydrogen) atoms. The highest BCUT2D eigenvalue weighted by atomic mass is 35.5. The standard InChI is InChI=1S/C12H16ClN3O2/c13-10-6-12(18)16(8-14-10)7-11(17)15-9-4-2-1-3-5-9/h6,8-9H,1-5,7H2,(H,15,17). The second-order valence-corrected chi connectivity index (χ2v) is 4.97. The van der Waals surface area contributed by atoms with E-state index in [1.807, 2.05) is 0 Å². The fraction of sp³-hybridized carbons (Fsp3) is 0.583. The van der Waals surface area contributed by atoms with Crippen LogP contribution in [0.25, 0.3) is 0 Å². The maximum absolute atomic E-state index is 11.8. The first-order valence-corrected chi connectivity index (χ1v) is 6.54. The molecule has 0 atom stereocenters. The number of aromatic nitrogens is 2. The Morgan fingerprint density at radius 3 is 2.83 bits per heavy atom. The van der Waals surface area contributed by atoms with Gasteiger partial charge in [-0.15, -0.1) is 0 Å². The molecule has 98 valence electrons. The highest BCUT2D eigenvalue weighted by Gasteiger charge is 2.15. The van der Waals surface area contributed by atoms with Gasteiger partial charge >= 0.3 is 0 Å². The lowest BCUT2D eigenvalue weighted by Gasteiger charge is -2.22. The van der Waals surface area contributed by atoms with E-state index in [9.17, 15) is 9.59 Å². The molecule has 2 rings (SSSR count). The van der Waals surface area contributed by atoms with Gasteiger partial charge in [-0.25, -0.2) is 4.98 Å². The number of amides is 1. The van der Waals surface area contributed by atoms with E-state index in [1.54, 1.807) is 0 Å². The largest absolute Gasteiger partial charge is 0.352 e. The summed E-state index contributed by atoms with van der Waals surface area (Å²) >= 11 is 5.58. The van der Waals surface area contributed by atoms with Crippen LogP contribution in [0.2, 0.25) is 5.15 Å². The Morgan fingerprint density at radius 1 is 1.44 bits per heavy atom. The maximum Gasteiger partial charge on any atom is 0.255 e. The smallest absolute Gasteiger partial charge is 0.255 e. The molecular formula is C12H16ClN3O2. The zero-order valence-electron chi connectivity index (χ0n) is 10.1. The summed E-state index contributed by atoms with van der Waals surface area (Å²) in [5.41, 5.74) is -0.311. The molecule has 1 aliphatic rings. The van der Waals surface area contributed by atoms with E-state index in [4.69, 9.17) is 11.6 Å². The first-order valence-electron chi connectivity index (χ1n) is 6.16. The summed E-state index contributed by atoms with van der Waals surface area (Å²) in [5, 5.41) is 3.09. The van der Waals surface area contributed by atoms with Crippen molar-refractivity contribution in [3.8, 4) is 0 Å². The third kappa shape index (κ3) is 3.57. The average molecular weight is 270 g/mol. The van der Waals surface area contributed by atoms with Crippen LogP contribution in [-0.2, 0) is 11.3 Å². The highest BCUT2D eigenvalue weighted by Crippen LogP contribution is 2.17. The van der Waals surface area contributed by atoms with Crippen LogP contribution in [0.4, 0.5) is 0 Å². The zero-order valence-corrected chi connectivity index (χ0v) is 10.8. The molecule has 0 spiro atoms. The monoisotopic (exact) mass is 269 g/mol. The van der Waals surface area contributed by atoms with Crippen LogP contribution in [0.3, 0.4) is 0 Å². The van der Waals surface area contributed by atoms with Crippen molar-refractivity contribution < 1.29 is 4.79 Å². The molecule has 0 unspecified atom stereocenters. The highest BCUT2D eigenvalue weighted by molar-refractivity contribution is 6.29. The molecule has 0 aromatic carbocycles. The zero-order chi connectivity index (χ0) is 13.0. The Labute approximate surface area is 110 Å². The minimum absolute atomic E-state index is 0.000494. The van der Waals surface area contributed by atoms with Crippen molar-refractivity contribution in [2.75, 3.05) is 0 Å². The van der Waals surface area contributed by atoms with Gasteiger partial charge in [0.15, 0.2) is 0 Å². The number of carbonyl (C=O) groups excluding carboxylic acids is 1. The first kappa shape index (κ1) is 13.1. The van der Waals surface area contributed by atoms with Crippen molar-refractivity contribution in [2.45, 2.75) is 44.7 Å². The van der Waals surface area contributed by atoms with Gasteiger partial charge in [-0.1, -0.05) is 30.9 Å². The Kier molecular flexibility index (Phi) is 4.36. The van der Waals surface area contributed by atoms with Gasteiger partial charge in [0, 0.05) is 12.1 Å². The van der Waals surface area contributed by atoms with Crippen molar-refractivity contribution in [3.63, 3.8) is 0 Å². The summed E-state index contributed by atoms with van der Waals surface area (Å²) < 4.78 is 1.25. The number of carbonyl (C=O) groups is 1. The predicted octanol–water partition coefficient (Wildman–Crippen LogP) is 1.35.